The molecule has 0 aliphatic carbocycles. The lowest BCUT2D eigenvalue weighted by Gasteiger charge is -2.09. The summed E-state index contributed by atoms with van der Waals surface area (Å²) in [4.78, 5) is 14.7. The highest BCUT2D eigenvalue weighted by molar-refractivity contribution is 5.84. The average molecular weight is 231 g/mol. The van der Waals surface area contributed by atoms with E-state index in [4.69, 9.17) is 4.74 Å². The van der Waals surface area contributed by atoms with Gasteiger partial charge in [0.2, 0.25) is 0 Å². The first-order chi connectivity index (χ1) is 8.22. The molecule has 0 radical (unpaired) electrons. The van der Waals surface area contributed by atoms with E-state index in [0.29, 0.717) is 13.0 Å². The molecule has 0 saturated heterocycles. The second kappa shape index (κ2) is 5.04. The molecular formula is C14H17NO2. The van der Waals surface area contributed by atoms with Crippen molar-refractivity contribution in [3.63, 3.8) is 0 Å². The maximum absolute atomic E-state index is 11.5. The number of rotatable bonds is 4. The Morgan fingerprint density at radius 2 is 2.18 bits per heavy atom. The Labute approximate surface area is 101 Å². The Morgan fingerprint density at radius 1 is 1.41 bits per heavy atom. The zero-order chi connectivity index (χ0) is 12.3. The van der Waals surface area contributed by atoms with Gasteiger partial charge in [-0.2, -0.15) is 0 Å². The predicted octanol–water partition coefficient (Wildman–Crippen LogP) is 3.22. The summed E-state index contributed by atoms with van der Waals surface area (Å²) < 4.78 is 4.97. The quantitative estimate of drug-likeness (QED) is 0.821. The third-order valence-electron chi connectivity index (χ3n) is 2.93. The van der Waals surface area contributed by atoms with Crippen LogP contribution in [-0.2, 0) is 9.53 Å². The molecule has 1 N–H and O–H groups in total. The number of hydrogen-bond acceptors (Lipinski definition) is 2. The van der Waals surface area contributed by atoms with Crippen LogP contribution in [0.15, 0.2) is 30.5 Å². The van der Waals surface area contributed by atoms with E-state index in [9.17, 15) is 4.79 Å². The molecule has 0 saturated carbocycles. The molecule has 90 valence electrons. The summed E-state index contributed by atoms with van der Waals surface area (Å²) in [5.41, 5.74) is 2.28. The van der Waals surface area contributed by atoms with Gasteiger partial charge in [-0.1, -0.05) is 25.1 Å². The van der Waals surface area contributed by atoms with Crippen molar-refractivity contribution in [2.24, 2.45) is 0 Å². The van der Waals surface area contributed by atoms with E-state index in [1.54, 1.807) is 0 Å². The van der Waals surface area contributed by atoms with Crippen LogP contribution in [0.5, 0.6) is 0 Å². The lowest BCUT2D eigenvalue weighted by molar-refractivity contribution is -0.143. The number of aromatic amines is 1. The van der Waals surface area contributed by atoms with Crippen molar-refractivity contribution in [3.05, 3.63) is 36.0 Å². The number of aromatic nitrogens is 1. The number of carbonyl (C=O) groups excluding carboxylic acids is 1. The van der Waals surface area contributed by atoms with Crippen molar-refractivity contribution >= 4 is 16.9 Å². The molecule has 3 nitrogen and oxygen atoms in total. The predicted molar refractivity (Wildman–Crippen MR) is 68.0 cm³/mol. The van der Waals surface area contributed by atoms with E-state index in [-0.39, 0.29) is 11.9 Å². The van der Waals surface area contributed by atoms with E-state index >= 15 is 0 Å². The first kappa shape index (κ1) is 11.7. The number of H-pyrrole nitrogens is 1. The Morgan fingerprint density at radius 3 is 2.94 bits per heavy atom. The zero-order valence-electron chi connectivity index (χ0n) is 10.2. The monoisotopic (exact) mass is 231 g/mol. The van der Waals surface area contributed by atoms with Crippen LogP contribution in [0.25, 0.3) is 10.9 Å². The number of esters is 1. The molecule has 1 heterocycles. The summed E-state index contributed by atoms with van der Waals surface area (Å²) >= 11 is 0. The van der Waals surface area contributed by atoms with Gasteiger partial charge in [0, 0.05) is 17.1 Å². The van der Waals surface area contributed by atoms with Gasteiger partial charge in [-0.15, -0.1) is 0 Å². The Balaban J connectivity index is 2.19. The lowest BCUT2D eigenvalue weighted by Crippen LogP contribution is -2.08. The maximum Gasteiger partial charge on any atom is 0.306 e. The molecule has 1 atom stereocenters. The van der Waals surface area contributed by atoms with Crippen LogP contribution in [0.1, 0.15) is 31.7 Å². The lowest BCUT2D eigenvalue weighted by atomic mass is 9.97. The van der Waals surface area contributed by atoms with Gasteiger partial charge in [0.25, 0.3) is 0 Å². The molecule has 0 amide bonds. The number of carbonyl (C=O) groups is 1. The first-order valence-electron chi connectivity index (χ1n) is 5.94. The van der Waals surface area contributed by atoms with Gasteiger partial charge in [-0.3, -0.25) is 4.79 Å². The number of nitrogens with one attached hydrogen (secondary N) is 1. The van der Waals surface area contributed by atoms with Gasteiger partial charge in [0.15, 0.2) is 0 Å². The second-order valence-electron chi connectivity index (χ2n) is 4.20. The molecular weight excluding hydrogens is 214 g/mol. The number of benzene rings is 1. The molecule has 1 aromatic carbocycles. The van der Waals surface area contributed by atoms with Crippen LogP contribution in [0, 0.1) is 0 Å². The molecule has 0 bridgehead atoms. The van der Waals surface area contributed by atoms with Gasteiger partial charge in [-0.05, 0) is 24.5 Å². The minimum absolute atomic E-state index is 0.134. The van der Waals surface area contributed by atoms with E-state index in [2.05, 4.69) is 11.1 Å². The SMILES string of the molecule is CCOC(=O)C[C@H](C)c1c[nH]c2ccccc12. The summed E-state index contributed by atoms with van der Waals surface area (Å²) in [7, 11) is 0. The van der Waals surface area contributed by atoms with Gasteiger partial charge in [0.05, 0.1) is 13.0 Å². The molecule has 2 aromatic rings. The molecule has 17 heavy (non-hydrogen) atoms. The van der Waals surface area contributed by atoms with E-state index in [1.807, 2.05) is 38.2 Å². The molecule has 3 heteroatoms. The summed E-state index contributed by atoms with van der Waals surface area (Å²) in [6, 6.07) is 8.12. The molecule has 1 aromatic heterocycles. The van der Waals surface area contributed by atoms with E-state index in [1.165, 1.54) is 10.9 Å². The van der Waals surface area contributed by atoms with Crippen molar-refractivity contribution in [1.82, 2.24) is 4.98 Å². The van der Waals surface area contributed by atoms with E-state index in [0.717, 1.165) is 5.52 Å². The Hall–Kier alpha value is -1.77. The number of fused-ring (bicyclic) bond motifs is 1. The fraction of sp³-hybridized carbons (Fsp3) is 0.357. The molecule has 0 fully saturated rings. The zero-order valence-corrected chi connectivity index (χ0v) is 10.2. The topological polar surface area (TPSA) is 42.1 Å². The molecule has 0 spiro atoms. The maximum atomic E-state index is 11.5. The van der Waals surface area contributed by atoms with Crippen molar-refractivity contribution in [3.8, 4) is 0 Å². The summed E-state index contributed by atoms with van der Waals surface area (Å²) in [6.45, 7) is 4.32. The largest absolute Gasteiger partial charge is 0.466 e. The highest BCUT2D eigenvalue weighted by Gasteiger charge is 2.15. The number of ether oxygens (including phenoxy) is 1. The molecule has 0 aliphatic rings. The molecule has 0 unspecified atom stereocenters. The minimum atomic E-state index is -0.134. The highest BCUT2D eigenvalue weighted by atomic mass is 16.5. The molecule has 2 rings (SSSR count). The van der Waals surface area contributed by atoms with Crippen molar-refractivity contribution in [1.29, 1.82) is 0 Å². The van der Waals surface area contributed by atoms with Crippen LogP contribution >= 0.6 is 0 Å². The molecule has 0 aliphatic heterocycles. The second-order valence-corrected chi connectivity index (χ2v) is 4.20. The third kappa shape index (κ3) is 2.49. The normalized spacial score (nSPS) is 12.6. The number of hydrogen-bond donors (Lipinski definition) is 1. The van der Waals surface area contributed by atoms with Crippen LogP contribution in [0.2, 0.25) is 0 Å². The minimum Gasteiger partial charge on any atom is -0.466 e. The summed E-state index contributed by atoms with van der Waals surface area (Å²) in [6.07, 6.45) is 2.41. The fourth-order valence-electron chi connectivity index (χ4n) is 2.08. The van der Waals surface area contributed by atoms with Crippen LogP contribution in [0.3, 0.4) is 0 Å². The van der Waals surface area contributed by atoms with Gasteiger partial charge in [-0.25, -0.2) is 0 Å². The fourth-order valence-corrected chi connectivity index (χ4v) is 2.08. The smallest absolute Gasteiger partial charge is 0.306 e. The van der Waals surface area contributed by atoms with Crippen LogP contribution < -0.4 is 0 Å². The van der Waals surface area contributed by atoms with Gasteiger partial charge < -0.3 is 9.72 Å². The average Bonchev–Trinajstić information content (AvgIpc) is 2.72. The summed E-state index contributed by atoms with van der Waals surface area (Å²) in [5, 5.41) is 1.18. The number of para-hydroxylation sites is 1. The Bertz CT molecular complexity index is 516. The van der Waals surface area contributed by atoms with Crippen LogP contribution in [-0.4, -0.2) is 17.6 Å². The first-order valence-corrected chi connectivity index (χ1v) is 5.94. The Kier molecular flexibility index (Phi) is 3.47. The van der Waals surface area contributed by atoms with Crippen molar-refractivity contribution < 1.29 is 9.53 Å². The van der Waals surface area contributed by atoms with Crippen molar-refractivity contribution in [2.75, 3.05) is 6.61 Å². The van der Waals surface area contributed by atoms with Crippen LogP contribution in [0.4, 0.5) is 0 Å². The van der Waals surface area contributed by atoms with Gasteiger partial charge >= 0.3 is 5.97 Å². The van der Waals surface area contributed by atoms with Gasteiger partial charge in [0.1, 0.15) is 0 Å². The third-order valence-corrected chi connectivity index (χ3v) is 2.93. The summed E-state index contributed by atoms with van der Waals surface area (Å²) in [5.74, 6) is 0.0375. The highest BCUT2D eigenvalue weighted by Crippen LogP contribution is 2.27. The van der Waals surface area contributed by atoms with E-state index < -0.39 is 0 Å². The van der Waals surface area contributed by atoms with Crippen molar-refractivity contribution in [2.45, 2.75) is 26.2 Å². The standard InChI is InChI=1S/C14H17NO2/c1-3-17-14(16)8-10(2)12-9-15-13-7-5-4-6-11(12)13/h4-7,9-10,15H,3,8H2,1-2H3/t10-/m0/s1.